The van der Waals surface area contributed by atoms with Crippen molar-refractivity contribution in [1.29, 1.82) is 0 Å². The van der Waals surface area contributed by atoms with Gasteiger partial charge < -0.3 is 66.3 Å². The maximum absolute atomic E-state index is 13.5. The Kier molecular flexibility index (Phi) is 35.5. The minimum Gasteiger partial charge on any atom is -0.490 e. The monoisotopic (exact) mass is 1270 g/mol. The van der Waals surface area contributed by atoms with Crippen molar-refractivity contribution < 1.29 is 105 Å². The molecule has 0 atom stereocenters. The van der Waals surface area contributed by atoms with E-state index in [1.807, 2.05) is 0 Å². The van der Waals surface area contributed by atoms with E-state index in [4.69, 9.17) is 66.3 Å². The van der Waals surface area contributed by atoms with Crippen LogP contribution < -0.4 is 37.9 Å². The number of ether oxygens (including phenoxy) is 14. The van der Waals surface area contributed by atoms with Gasteiger partial charge in [0.15, 0.2) is 23.0 Å². The fourth-order valence-electron chi connectivity index (χ4n) is 7.80. The summed E-state index contributed by atoms with van der Waals surface area (Å²) in [6, 6.07) is 16.6. The van der Waals surface area contributed by atoms with E-state index in [2.05, 4.69) is 39.5 Å². The minimum absolute atomic E-state index is 0.138. The number of carbonyl (C=O) groups is 8. The molecule has 0 saturated heterocycles. The lowest BCUT2D eigenvalue weighted by atomic mass is 10.1. The number of esters is 8. The van der Waals surface area contributed by atoms with Crippen molar-refractivity contribution in [3.8, 4) is 46.0 Å². The molecule has 0 N–H and O–H groups in total. The number of benzene rings is 4. The van der Waals surface area contributed by atoms with Crippen LogP contribution in [0.4, 0.5) is 0 Å². The first kappa shape index (κ1) is 74.1. The average molecular weight is 1270 g/mol. The van der Waals surface area contributed by atoms with Crippen molar-refractivity contribution in [1.82, 2.24) is 0 Å². The molecule has 0 aliphatic heterocycles. The second-order valence-corrected chi connectivity index (χ2v) is 19.4. The molecule has 0 saturated carbocycles. The molecule has 0 heterocycles. The second-order valence-electron chi connectivity index (χ2n) is 19.4. The number of hydrogen-bond donors (Lipinski definition) is 0. The highest BCUT2D eigenvalue weighted by molar-refractivity contribution is 5.93. The third-order valence-electron chi connectivity index (χ3n) is 12.4. The van der Waals surface area contributed by atoms with Crippen molar-refractivity contribution in [3.63, 3.8) is 0 Å². The molecule has 0 radical (unpaired) electrons. The molecule has 0 spiro atoms. The summed E-state index contributed by atoms with van der Waals surface area (Å²) in [5.74, 6) is -2.60. The predicted octanol–water partition coefficient (Wildman–Crippen LogP) is 11.4. The lowest BCUT2D eigenvalue weighted by Gasteiger charge is -2.19. The first-order valence-corrected chi connectivity index (χ1v) is 29.9. The maximum Gasteiger partial charge on any atom is 0.336 e. The summed E-state index contributed by atoms with van der Waals surface area (Å²) in [7, 11) is 0. The van der Waals surface area contributed by atoms with Gasteiger partial charge in [0.2, 0.25) is 11.5 Å². The van der Waals surface area contributed by atoms with Gasteiger partial charge in [0.25, 0.3) is 0 Å². The van der Waals surface area contributed by atoms with E-state index < -0.39 is 47.8 Å². The molecule has 0 aliphatic carbocycles. The summed E-state index contributed by atoms with van der Waals surface area (Å²) >= 11 is 0. The van der Waals surface area contributed by atoms with Gasteiger partial charge in [0.05, 0.1) is 79.3 Å². The Labute approximate surface area is 535 Å². The normalized spacial score (nSPS) is 10.7. The van der Waals surface area contributed by atoms with Crippen molar-refractivity contribution in [2.24, 2.45) is 0 Å². The Morgan fingerprint density at radius 3 is 0.804 bits per heavy atom. The topological polar surface area (TPSA) is 266 Å². The van der Waals surface area contributed by atoms with Crippen molar-refractivity contribution in [3.05, 3.63) is 160 Å². The number of unbranched alkanes of at least 4 members (excludes halogenated alkanes) is 6. The molecular weight excluding hydrogens is 1190 g/mol. The van der Waals surface area contributed by atoms with E-state index in [0.717, 1.165) is 36.5 Å². The summed E-state index contributed by atoms with van der Waals surface area (Å²) in [4.78, 5) is 96.4. The van der Waals surface area contributed by atoms with Crippen molar-refractivity contribution in [2.75, 3.05) is 79.3 Å². The molecule has 0 unspecified atom stereocenters. The Morgan fingerprint density at radius 2 is 0.533 bits per heavy atom. The molecule has 0 aliphatic rings. The zero-order valence-electron chi connectivity index (χ0n) is 51.7. The van der Waals surface area contributed by atoms with Gasteiger partial charge in [-0.25, -0.2) is 38.4 Å². The fraction of sp³-hybridized carbons (Fsp3) is 0.343. The Hall–Kier alpha value is -10.4. The summed E-state index contributed by atoms with van der Waals surface area (Å²) in [5, 5.41) is 1.31. The maximum atomic E-state index is 13.5. The van der Waals surface area contributed by atoms with Crippen LogP contribution in [0.15, 0.2) is 149 Å². The van der Waals surface area contributed by atoms with Gasteiger partial charge in [-0.05, 0) is 149 Å². The molecule has 92 heavy (non-hydrogen) atoms. The van der Waals surface area contributed by atoms with Crippen LogP contribution >= 0.6 is 0 Å². The fourth-order valence-corrected chi connectivity index (χ4v) is 7.80. The first-order chi connectivity index (χ1) is 44.7. The molecule has 492 valence electrons. The van der Waals surface area contributed by atoms with Crippen LogP contribution in [0.25, 0.3) is 22.9 Å². The van der Waals surface area contributed by atoms with Crippen LogP contribution in [0.1, 0.15) is 88.2 Å². The quantitative estimate of drug-likeness (QED) is 0.0131. The number of hydrogen-bond acceptors (Lipinski definition) is 22. The first-order valence-electron chi connectivity index (χ1n) is 29.9. The second kappa shape index (κ2) is 44.1. The summed E-state index contributed by atoms with van der Waals surface area (Å²) < 4.78 is 79.6. The van der Waals surface area contributed by atoms with Crippen LogP contribution in [0.5, 0.6) is 46.0 Å². The molecule has 4 aromatic rings. The van der Waals surface area contributed by atoms with Gasteiger partial charge in [-0.1, -0.05) is 51.6 Å². The minimum atomic E-state index is -0.726. The van der Waals surface area contributed by atoms with Crippen LogP contribution in [0.3, 0.4) is 0 Å². The van der Waals surface area contributed by atoms with Crippen LogP contribution in [0.2, 0.25) is 0 Å². The SMILES string of the molecule is C=CC(=O)OCCCCOc1ccc(/C=C/C(=O)Oc2ccc3cc(OC(=O)/C=C/c4ccc(OCCCCOC(=O)C=C)c(OCCCCOC(=O)C=C)c4OCCCCOC(=O)C=C)ccc3c2)c(OCCCCOC(=O)C=C)c1OCCCCOC(=O)C=C. The number of fused-ring (bicyclic) bond motifs is 1. The van der Waals surface area contributed by atoms with Gasteiger partial charge in [0.1, 0.15) is 11.5 Å². The highest BCUT2D eigenvalue weighted by Gasteiger charge is 2.21. The van der Waals surface area contributed by atoms with Gasteiger partial charge >= 0.3 is 47.8 Å². The molecular formula is C70H80O22. The Bertz CT molecular complexity index is 3000. The van der Waals surface area contributed by atoms with Gasteiger partial charge in [-0.2, -0.15) is 0 Å². The van der Waals surface area contributed by atoms with Crippen LogP contribution in [-0.2, 0) is 66.8 Å². The molecule has 4 aromatic carbocycles. The molecule has 0 bridgehead atoms. The van der Waals surface area contributed by atoms with Crippen molar-refractivity contribution >= 4 is 70.7 Å². The summed E-state index contributed by atoms with van der Waals surface area (Å²) in [6.07, 6.45) is 17.8. The number of carbonyl (C=O) groups excluding carboxylic acids is 8. The molecule has 0 aromatic heterocycles. The van der Waals surface area contributed by atoms with Crippen LogP contribution in [-0.4, -0.2) is 127 Å². The molecule has 0 amide bonds. The third-order valence-corrected chi connectivity index (χ3v) is 12.4. The average Bonchev–Trinajstić information content (AvgIpc) is 1.10. The largest absolute Gasteiger partial charge is 0.490 e. The van der Waals surface area contributed by atoms with Crippen LogP contribution in [0, 0.1) is 0 Å². The van der Waals surface area contributed by atoms with E-state index in [0.29, 0.717) is 110 Å². The smallest absolute Gasteiger partial charge is 0.336 e. The standard InChI is InChI=1S/C70H80O22/c1-7-59(71)81-39-15-13-37-79-57-33-27-51(67(87-45-21-17-41-83-61(73)9-3)69(57)89-47-23-19-43-85-63(75)11-5)29-35-65(77)91-55-31-25-54-50-56(32-26-53(54)49-55)92-66(78)36-30-52-28-34-58(80-38-14-16-40-82-60(72)8-2)70(90-48-24-20-44-86-64(76)12-6)68(52)88-46-22-18-42-84-62(74)10-4/h7-12,25-36,49-50H,1-6,13-24,37-48H2/b35-29+,36-30+. The van der Waals surface area contributed by atoms with E-state index in [1.165, 1.54) is 24.3 Å². The van der Waals surface area contributed by atoms with E-state index in [-0.39, 0.29) is 114 Å². The van der Waals surface area contributed by atoms with E-state index in [9.17, 15) is 38.4 Å². The Balaban J connectivity index is 1.54. The zero-order valence-corrected chi connectivity index (χ0v) is 51.7. The third kappa shape index (κ3) is 29.3. The summed E-state index contributed by atoms with van der Waals surface area (Å²) in [5.41, 5.74) is 0.872. The van der Waals surface area contributed by atoms with E-state index >= 15 is 0 Å². The highest BCUT2D eigenvalue weighted by atomic mass is 16.6. The van der Waals surface area contributed by atoms with Gasteiger partial charge in [0, 0.05) is 59.7 Å². The Morgan fingerprint density at radius 1 is 0.283 bits per heavy atom. The van der Waals surface area contributed by atoms with Crippen molar-refractivity contribution in [2.45, 2.75) is 77.0 Å². The molecule has 22 heteroatoms. The van der Waals surface area contributed by atoms with E-state index in [1.54, 1.807) is 60.7 Å². The number of rotatable bonds is 48. The molecule has 0 fully saturated rings. The lowest BCUT2D eigenvalue weighted by molar-refractivity contribution is -0.138. The lowest BCUT2D eigenvalue weighted by Crippen LogP contribution is -2.09. The van der Waals surface area contributed by atoms with Gasteiger partial charge in [-0.3, -0.25) is 0 Å². The predicted molar refractivity (Wildman–Crippen MR) is 341 cm³/mol. The zero-order chi connectivity index (χ0) is 66.6. The highest BCUT2D eigenvalue weighted by Crippen LogP contribution is 2.43. The molecule has 22 nitrogen and oxygen atoms in total. The van der Waals surface area contributed by atoms with Gasteiger partial charge in [-0.15, -0.1) is 0 Å². The summed E-state index contributed by atoms with van der Waals surface area (Å²) in [6.45, 7) is 22.5. The molecule has 4 rings (SSSR count).